The Morgan fingerprint density at radius 2 is 1.55 bits per heavy atom. The maximum Gasteiger partial charge on any atom is 0.410 e. The zero-order chi connectivity index (χ0) is 27.9. The number of piperazine rings is 1. The van der Waals surface area contributed by atoms with Gasteiger partial charge >= 0.3 is 12.2 Å². The van der Waals surface area contributed by atoms with Gasteiger partial charge in [-0.05, 0) is 71.7 Å². The molecular weight excluding hydrogens is 504 g/mol. The van der Waals surface area contributed by atoms with E-state index in [9.17, 15) is 9.59 Å². The molecule has 0 atom stereocenters. The molecule has 1 aliphatic heterocycles. The number of alkyl carbamates (subject to hydrolysis) is 1. The molecule has 1 aliphatic rings. The fraction of sp³-hybridized carbons (Fsp3) is 0.483. The van der Waals surface area contributed by atoms with Crippen LogP contribution in [0.1, 0.15) is 58.2 Å². The SMILES string of the molecule is CC(C)(C)OC(=O)NCCc1ccc(C#Cc2cnc(N3CCN(C(=O)OC(C)(C)C)CC3)c(Cl)c2)cc1. The van der Waals surface area contributed by atoms with Gasteiger partial charge in [0, 0.05) is 50.0 Å². The number of anilines is 1. The summed E-state index contributed by atoms with van der Waals surface area (Å²) in [5.41, 5.74) is 1.65. The van der Waals surface area contributed by atoms with E-state index < -0.39 is 17.3 Å². The molecule has 0 saturated carbocycles. The van der Waals surface area contributed by atoms with Crippen molar-refractivity contribution in [3.05, 3.63) is 58.2 Å². The fourth-order valence-electron chi connectivity index (χ4n) is 3.68. The number of rotatable bonds is 4. The number of benzene rings is 1. The van der Waals surface area contributed by atoms with Gasteiger partial charge < -0.3 is 24.6 Å². The van der Waals surface area contributed by atoms with E-state index in [-0.39, 0.29) is 6.09 Å². The zero-order valence-corrected chi connectivity index (χ0v) is 23.8. The molecule has 1 N–H and O–H groups in total. The lowest BCUT2D eigenvalue weighted by Gasteiger charge is -2.36. The van der Waals surface area contributed by atoms with Crippen LogP contribution in [0.2, 0.25) is 5.02 Å². The molecule has 1 fully saturated rings. The van der Waals surface area contributed by atoms with Gasteiger partial charge in [0.25, 0.3) is 0 Å². The van der Waals surface area contributed by atoms with Gasteiger partial charge in [-0.15, -0.1) is 0 Å². The molecule has 2 amide bonds. The van der Waals surface area contributed by atoms with Gasteiger partial charge in [0.2, 0.25) is 0 Å². The van der Waals surface area contributed by atoms with Crippen molar-refractivity contribution < 1.29 is 19.1 Å². The van der Waals surface area contributed by atoms with Crippen LogP contribution in [0.5, 0.6) is 0 Å². The van der Waals surface area contributed by atoms with Crippen LogP contribution >= 0.6 is 11.6 Å². The van der Waals surface area contributed by atoms with E-state index >= 15 is 0 Å². The number of ether oxygens (including phenoxy) is 2. The number of pyridine rings is 1. The van der Waals surface area contributed by atoms with E-state index in [4.69, 9.17) is 21.1 Å². The van der Waals surface area contributed by atoms with Gasteiger partial charge in [0.05, 0.1) is 5.02 Å². The third-order valence-corrected chi connectivity index (χ3v) is 5.72. The number of amides is 2. The lowest BCUT2D eigenvalue weighted by Crippen LogP contribution is -2.50. The Morgan fingerprint density at radius 1 is 0.947 bits per heavy atom. The summed E-state index contributed by atoms with van der Waals surface area (Å²) >= 11 is 6.54. The van der Waals surface area contributed by atoms with Crippen molar-refractivity contribution in [3.8, 4) is 11.8 Å². The Kier molecular flexibility index (Phi) is 9.50. The molecule has 0 unspecified atom stereocenters. The van der Waals surface area contributed by atoms with Crippen molar-refractivity contribution >= 4 is 29.6 Å². The molecule has 1 aromatic carbocycles. The second-order valence-electron chi connectivity index (χ2n) is 11.1. The molecule has 2 heterocycles. The lowest BCUT2D eigenvalue weighted by atomic mass is 10.1. The third kappa shape index (κ3) is 9.46. The van der Waals surface area contributed by atoms with Gasteiger partial charge in [-0.1, -0.05) is 35.6 Å². The molecule has 1 saturated heterocycles. The summed E-state index contributed by atoms with van der Waals surface area (Å²) in [7, 11) is 0. The number of halogens is 1. The first-order chi connectivity index (χ1) is 17.8. The molecule has 3 rings (SSSR count). The van der Waals surface area contributed by atoms with Crippen LogP contribution in [0.3, 0.4) is 0 Å². The normalized spacial score (nSPS) is 13.9. The summed E-state index contributed by atoms with van der Waals surface area (Å²) in [6.45, 7) is 13.9. The predicted octanol–water partition coefficient (Wildman–Crippen LogP) is 5.26. The van der Waals surface area contributed by atoms with Crippen LogP contribution in [0.15, 0.2) is 36.5 Å². The highest BCUT2D eigenvalue weighted by Crippen LogP contribution is 2.25. The summed E-state index contributed by atoms with van der Waals surface area (Å²) in [5, 5.41) is 3.29. The largest absolute Gasteiger partial charge is 0.444 e. The van der Waals surface area contributed by atoms with Gasteiger partial charge in [0.1, 0.15) is 17.0 Å². The van der Waals surface area contributed by atoms with E-state index in [1.54, 1.807) is 11.1 Å². The van der Waals surface area contributed by atoms with Crippen LogP contribution in [0.4, 0.5) is 15.4 Å². The highest BCUT2D eigenvalue weighted by atomic mass is 35.5. The number of hydrogen-bond donors (Lipinski definition) is 1. The summed E-state index contributed by atoms with van der Waals surface area (Å²) in [6, 6.07) is 9.69. The molecule has 0 radical (unpaired) electrons. The Hall–Kier alpha value is -3.44. The molecule has 0 spiro atoms. The summed E-state index contributed by atoms with van der Waals surface area (Å²) in [4.78, 5) is 32.4. The van der Waals surface area contributed by atoms with E-state index in [0.717, 1.165) is 16.7 Å². The van der Waals surface area contributed by atoms with Crippen LogP contribution < -0.4 is 10.2 Å². The maximum atomic E-state index is 12.3. The molecule has 2 aromatic rings. The molecule has 9 heteroatoms. The Morgan fingerprint density at radius 3 is 2.13 bits per heavy atom. The number of carbonyl (C=O) groups excluding carboxylic acids is 2. The minimum absolute atomic E-state index is 0.299. The second kappa shape index (κ2) is 12.4. The minimum atomic E-state index is -0.515. The average Bonchev–Trinajstić information content (AvgIpc) is 2.81. The number of nitrogens with zero attached hydrogens (tertiary/aromatic N) is 3. The molecule has 38 heavy (non-hydrogen) atoms. The first-order valence-electron chi connectivity index (χ1n) is 12.8. The van der Waals surface area contributed by atoms with Crippen molar-refractivity contribution in [3.63, 3.8) is 0 Å². The van der Waals surface area contributed by atoms with Crippen LogP contribution in [0.25, 0.3) is 0 Å². The smallest absolute Gasteiger partial charge is 0.410 e. The third-order valence-electron chi connectivity index (χ3n) is 5.44. The van der Waals surface area contributed by atoms with Crippen LogP contribution in [-0.4, -0.2) is 66.0 Å². The monoisotopic (exact) mass is 540 g/mol. The minimum Gasteiger partial charge on any atom is -0.444 e. The topological polar surface area (TPSA) is 84.0 Å². The van der Waals surface area contributed by atoms with Gasteiger partial charge in [-0.3, -0.25) is 0 Å². The highest BCUT2D eigenvalue weighted by Gasteiger charge is 2.27. The first-order valence-corrected chi connectivity index (χ1v) is 13.1. The molecule has 204 valence electrons. The van der Waals surface area contributed by atoms with Crippen LogP contribution in [0, 0.1) is 11.8 Å². The molecule has 1 aromatic heterocycles. The summed E-state index contributed by atoms with van der Waals surface area (Å²) in [5.74, 6) is 6.94. The second-order valence-corrected chi connectivity index (χ2v) is 11.5. The number of nitrogens with one attached hydrogen (secondary N) is 1. The van der Waals surface area contributed by atoms with Crippen molar-refractivity contribution in [1.29, 1.82) is 0 Å². The average molecular weight is 541 g/mol. The van der Waals surface area contributed by atoms with Crippen molar-refractivity contribution in [1.82, 2.24) is 15.2 Å². The number of hydrogen-bond acceptors (Lipinski definition) is 6. The highest BCUT2D eigenvalue weighted by molar-refractivity contribution is 6.33. The molecule has 8 nitrogen and oxygen atoms in total. The summed E-state index contributed by atoms with van der Waals surface area (Å²) in [6.07, 6.45) is 1.69. The van der Waals surface area contributed by atoms with E-state index in [1.807, 2.05) is 71.9 Å². The molecule has 0 bridgehead atoms. The van der Waals surface area contributed by atoms with E-state index in [1.165, 1.54) is 0 Å². The van der Waals surface area contributed by atoms with Gasteiger partial charge in [0.15, 0.2) is 0 Å². The fourth-order valence-corrected chi connectivity index (χ4v) is 3.97. The number of carbonyl (C=O) groups is 2. The summed E-state index contributed by atoms with van der Waals surface area (Å²) < 4.78 is 10.7. The van der Waals surface area contributed by atoms with Crippen molar-refractivity contribution in [2.45, 2.75) is 59.2 Å². The zero-order valence-electron chi connectivity index (χ0n) is 23.1. The quantitative estimate of drug-likeness (QED) is 0.533. The molecule has 0 aliphatic carbocycles. The van der Waals surface area contributed by atoms with Crippen molar-refractivity contribution in [2.24, 2.45) is 0 Å². The van der Waals surface area contributed by atoms with Gasteiger partial charge in [-0.2, -0.15) is 0 Å². The van der Waals surface area contributed by atoms with Gasteiger partial charge in [-0.25, -0.2) is 14.6 Å². The number of aromatic nitrogens is 1. The molecular formula is C29H37ClN4O4. The predicted molar refractivity (Wildman–Crippen MR) is 150 cm³/mol. The lowest BCUT2D eigenvalue weighted by molar-refractivity contribution is 0.0240. The first kappa shape index (κ1) is 29.1. The Labute approximate surface area is 230 Å². The van der Waals surface area contributed by atoms with Crippen LogP contribution in [-0.2, 0) is 15.9 Å². The Bertz CT molecular complexity index is 1180. The maximum absolute atomic E-state index is 12.3. The van der Waals surface area contributed by atoms with Crippen molar-refractivity contribution in [2.75, 3.05) is 37.6 Å². The standard InChI is InChI=1S/C29H37ClN4O4/c1-28(2,3)37-26(35)31-14-13-22-9-7-21(8-10-22)11-12-23-19-24(30)25(32-20-23)33-15-17-34(18-16-33)27(36)38-29(4,5)6/h7-10,19-20H,13-18H2,1-6H3,(H,31,35). The Balaban J connectivity index is 1.51. The van der Waals surface area contributed by atoms with E-state index in [0.29, 0.717) is 50.0 Å². The van der Waals surface area contributed by atoms with E-state index in [2.05, 4.69) is 27.0 Å².